The molecule has 0 aromatic heterocycles. The topological polar surface area (TPSA) is 72.9 Å². The van der Waals surface area contributed by atoms with Gasteiger partial charge in [0.1, 0.15) is 12.3 Å². The summed E-state index contributed by atoms with van der Waals surface area (Å²) in [5.74, 6) is 0.238. The summed E-state index contributed by atoms with van der Waals surface area (Å²) in [7, 11) is 0. The average molecular weight is 379 g/mol. The fraction of sp³-hybridized carbons (Fsp3) is 0.364. The molecule has 28 heavy (non-hydrogen) atoms. The van der Waals surface area contributed by atoms with Crippen LogP contribution in [0.4, 0.5) is 4.79 Å². The summed E-state index contributed by atoms with van der Waals surface area (Å²) in [6, 6.07) is 15.1. The molecule has 2 heterocycles. The molecule has 0 radical (unpaired) electrons. The molecule has 1 saturated heterocycles. The van der Waals surface area contributed by atoms with Crippen molar-refractivity contribution in [2.75, 3.05) is 26.2 Å². The summed E-state index contributed by atoms with van der Waals surface area (Å²) in [5.41, 5.74) is 3.36. The first-order valence-electron chi connectivity index (χ1n) is 9.79. The second-order valence-corrected chi connectivity index (χ2v) is 7.46. The van der Waals surface area contributed by atoms with E-state index < -0.39 is 0 Å². The van der Waals surface area contributed by atoms with E-state index in [0.29, 0.717) is 19.6 Å². The molecule has 3 amide bonds. The number of hydrogen-bond donors (Lipinski definition) is 2. The third-order valence-corrected chi connectivity index (χ3v) is 5.65. The number of fused-ring (bicyclic) bond motifs is 1. The van der Waals surface area contributed by atoms with Crippen LogP contribution in [0.3, 0.4) is 0 Å². The zero-order valence-corrected chi connectivity index (χ0v) is 15.8. The summed E-state index contributed by atoms with van der Waals surface area (Å²) in [6.45, 7) is 1.92. The van der Waals surface area contributed by atoms with E-state index in [1.54, 1.807) is 17.0 Å². The monoisotopic (exact) mass is 379 g/mol. The fourth-order valence-corrected chi connectivity index (χ4v) is 4.01. The summed E-state index contributed by atoms with van der Waals surface area (Å²) in [6.07, 6.45) is 2.27. The van der Waals surface area contributed by atoms with Crippen molar-refractivity contribution in [1.82, 2.24) is 15.1 Å². The summed E-state index contributed by atoms with van der Waals surface area (Å²) in [4.78, 5) is 28.7. The Hall–Kier alpha value is -3.02. The number of benzene rings is 2. The van der Waals surface area contributed by atoms with Gasteiger partial charge in [-0.3, -0.25) is 4.79 Å². The maximum Gasteiger partial charge on any atom is 0.318 e. The zero-order valence-electron chi connectivity index (χ0n) is 15.8. The summed E-state index contributed by atoms with van der Waals surface area (Å²) < 4.78 is 0. The van der Waals surface area contributed by atoms with Crippen molar-refractivity contribution < 1.29 is 14.7 Å². The number of phenolic OH excluding ortho intramolecular Hbond substituents is 1. The minimum absolute atomic E-state index is 0.000385. The molecule has 2 aliphatic rings. The normalized spacial score (nSPS) is 19.6. The Morgan fingerprint density at radius 3 is 2.54 bits per heavy atom. The van der Waals surface area contributed by atoms with Crippen LogP contribution in [0.2, 0.25) is 0 Å². The largest absolute Gasteiger partial charge is 0.508 e. The Morgan fingerprint density at radius 2 is 1.79 bits per heavy atom. The number of carbonyl (C=O) groups is 2. The fourth-order valence-electron chi connectivity index (χ4n) is 4.01. The lowest BCUT2D eigenvalue weighted by Gasteiger charge is -2.34. The average Bonchev–Trinajstić information content (AvgIpc) is 2.92. The quantitative estimate of drug-likeness (QED) is 0.861. The van der Waals surface area contributed by atoms with Crippen molar-refractivity contribution in [1.29, 1.82) is 0 Å². The number of phenols is 1. The Kier molecular flexibility index (Phi) is 5.19. The van der Waals surface area contributed by atoms with Gasteiger partial charge in [-0.15, -0.1) is 0 Å². The predicted molar refractivity (Wildman–Crippen MR) is 106 cm³/mol. The van der Waals surface area contributed by atoms with E-state index in [0.717, 1.165) is 30.4 Å². The highest BCUT2D eigenvalue weighted by Gasteiger charge is 2.29. The second-order valence-electron chi connectivity index (χ2n) is 7.46. The number of aromatic hydroxyl groups is 1. The van der Waals surface area contributed by atoms with Crippen molar-refractivity contribution in [2.24, 2.45) is 0 Å². The van der Waals surface area contributed by atoms with Gasteiger partial charge in [0.15, 0.2) is 0 Å². The van der Waals surface area contributed by atoms with Gasteiger partial charge in [-0.1, -0.05) is 36.4 Å². The van der Waals surface area contributed by atoms with Gasteiger partial charge in [-0.2, -0.15) is 0 Å². The molecule has 0 saturated carbocycles. The highest BCUT2D eigenvalue weighted by Crippen LogP contribution is 2.23. The van der Waals surface area contributed by atoms with Gasteiger partial charge in [-0.05, 0) is 48.1 Å². The second kappa shape index (κ2) is 7.92. The molecule has 6 heteroatoms. The molecular formula is C22H25N3O3. The number of amides is 3. The number of rotatable bonds is 3. The molecule has 1 fully saturated rings. The van der Waals surface area contributed by atoms with E-state index in [-0.39, 0.29) is 30.3 Å². The number of nitrogens with zero attached hydrogens (tertiary/aromatic N) is 2. The number of hydrogen-bond acceptors (Lipinski definition) is 3. The molecular weight excluding hydrogens is 354 g/mol. The first-order valence-corrected chi connectivity index (χ1v) is 9.79. The number of urea groups is 1. The van der Waals surface area contributed by atoms with Gasteiger partial charge < -0.3 is 20.2 Å². The Bertz CT molecular complexity index is 869. The lowest BCUT2D eigenvalue weighted by molar-refractivity contribution is -0.131. The lowest BCUT2D eigenvalue weighted by Crippen LogP contribution is -2.52. The molecule has 2 aromatic carbocycles. The molecule has 0 bridgehead atoms. The third kappa shape index (κ3) is 3.96. The molecule has 2 aliphatic heterocycles. The molecule has 4 rings (SSSR count). The van der Waals surface area contributed by atoms with E-state index in [2.05, 4.69) is 5.32 Å². The SMILES string of the molecule is O=C(CN1CCC(c2ccccc2)NC1=O)N1CCc2ccc(O)cc2CC1. The van der Waals surface area contributed by atoms with Crippen LogP contribution in [0.5, 0.6) is 5.75 Å². The molecule has 0 spiro atoms. The van der Waals surface area contributed by atoms with Gasteiger partial charge in [0, 0.05) is 19.6 Å². The van der Waals surface area contributed by atoms with E-state index in [4.69, 9.17) is 0 Å². The van der Waals surface area contributed by atoms with E-state index in [9.17, 15) is 14.7 Å². The Morgan fingerprint density at radius 1 is 1.04 bits per heavy atom. The maximum atomic E-state index is 12.8. The Balaban J connectivity index is 1.34. The van der Waals surface area contributed by atoms with Crippen molar-refractivity contribution in [3.8, 4) is 5.75 Å². The highest BCUT2D eigenvalue weighted by molar-refractivity contribution is 5.84. The molecule has 2 N–H and O–H groups in total. The molecule has 6 nitrogen and oxygen atoms in total. The van der Waals surface area contributed by atoms with Gasteiger partial charge >= 0.3 is 6.03 Å². The highest BCUT2D eigenvalue weighted by atomic mass is 16.3. The van der Waals surface area contributed by atoms with Crippen LogP contribution < -0.4 is 5.32 Å². The van der Waals surface area contributed by atoms with E-state index in [1.807, 2.05) is 41.3 Å². The summed E-state index contributed by atoms with van der Waals surface area (Å²) in [5, 5.41) is 12.7. The molecule has 0 aliphatic carbocycles. The number of nitrogens with one attached hydrogen (secondary N) is 1. The van der Waals surface area contributed by atoms with Crippen LogP contribution in [0, 0.1) is 0 Å². The molecule has 1 atom stereocenters. The third-order valence-electron chi connectivity index (χ3n) is 5.65. The van der Waals surface area contributed by atoms with Crippen molar-refractivity contribution >= 4 is 11.9 Å². The molecule has 1 unspecified atom stereocenters. The van der Waals surface area contributed by atoms with Crippen LogP contribution in [-0.4, -0.2) is 53.0 Å². The van der Waals surface area contributed by atoms with Crippen LogP contribution in [0.15, 0.2) is 48.5 Å². The lowest BCUT2D eigenvalue weighted by atomic mass is 10.0. The zero-order chi connectivity index (χ0) is 19.5. The maximum absolute atomic E-state index is 12.8. The first kappa shape index (κ1) is 18.3. The van der Waals surface area contributed by atoms with E-state index >= 15 is 0 Å². The summed E-state index contributed by atoms with van der Waals surface area (Å²) >= 11 is 0. The Labute approximate surface area is 164 Å². The van der Waals surface area contributed by atoms with Gasteiger partial charge in [0.2, 0.25) is 5.91 Å². The molecule has 146 valence electrons. The smallest absolute Gasteiger partial charge is 0.318 e. The van der Waals surface area contributed by atoms with E-state index in [1.165, 1.54) is 5.56 Å². The van der Waals surface area contributed by atoms with Crippen molar-refractivity contribution in [2.45, 2.75) is 25.3 Å². The first-order chi connectivity index (χ1) is 13.6. The van der Waals surface area contributed by atoms with Gasteiger partial charge in [0.25, 0.3) is 0 Å². The van der Waals surface area contributed by atoms with Gasteiger partial charge in [-0.25, -0.2) is 4.79 Å². The van der Waals surface area contributed by atoms with Crippen LogP contribution in [-0.2, 0) is 17.6 Å². The standard InChI is InChI=1S/C22H25N3O3/c26-19-7-6-16-8-11-24(12-9-18(16)14-19)21(27)15-25-13-10-20(23-22(25)28)17-4-2-1-3-5-17/h1-7,14,20,26H,8-13,15H2,(H,23,28). The van der Waals surface area contributed by atoms with Crippen molar-refractivity contribution in [3.63, 3.8) is 0 Å². The minimum Gasteiger partial charge on any atom is -0.508 e. The predicted octanol–water partition coefficient (Wildman–Crippen LogP) is 2.48. The van der Waals surface area contributed by atoms with Crippen LogP contribution >= 0.6 is 0 Å². The van der Waals surface area contributed by atoms with Gasteiger partial charge in [0.05, 0.1) is 6.04 Å². The number of carbonyl (C=O) groups excluding carboxylic acids is 2. The molecule has 2 aromatic rings. The van der Waals surface area contributed by atoms with Crippen molar-refractivity contribution in [3.05, 3.63) is 65.2 Å². The minimum atomic E-state index is -0.184. The van der Waals surface area contributed by atoms with Crippen LogP contribution in [0.25, 0.3) is 0 Å². The van der Waals surface area contributed by atoms with Crippen LogP contribution in [0.1, 0.15) is 29.2 Å².